The van der Waals surface area contributed by atoms with Crippen molar-refractivity contribution in [1.29, 1.82) is 0 Å². The van der Waals surface area contributed by atoms with Crippen molar-refractivity contribution in [1.82, 2.24) is 9.62 Å². The van der Waals surface area contributed by atoms with Crippen molar-refractivity contribution in [2.75, 3.05) is 13.7 Å². The smallest absolute Gasteiger partial charge is 0.344 e. The van der Waals surface area contributed by atoms with Gasteiger partial charge >= 0.3 is 16.2 Å². The molecule has 2 rings (SSSR count). The highest BCUT2D eigenvalue weighted by atomic mass is 32.2. The minimum atomic E-state index is -4.07. The Morgan fingerprint density at radius 3 is 2.52 bits per heavy atom. The van der Waals surface area contributed by atoms with Crippen molar-refractivity contribution in [3.05, 3.63) is 47.7 Å². The van der Waals surface area contributed by atoms with E-state index in [1.54, 1.807) is 6.92 Å². The van der Waals surface area contributed by atoms with E-state index in [0.717, 1.165) is 16.1 Å². The molecule has 1 N–H and O–H groups in total. The van der Waals surface area contributed by atoms with Crippen LogP contribution in [0.3, 0.4) is 0 Å². The Morgan fingerprint density at radius 2 is 1.92 bits per heavy atom. The fourth-order valence-corrected chi connectivity index (χ4v) is 3.34. The zero-order valence-electron chi connectivity index (χ0n) is 14.1. The predicted octanol–water partition coefficient (Wildman–Crippen LogP) is 0.942. The number of amides is 1. The number of esters is 1. The molecule has 0 aromatic heterocycles. The minimum absolute atomic E-state index is 0.0127. The molecule has 1 aromatic rings. The number of carbonyl (C=O) groups excluding carboxylic acids is 2. The van der Waals surface area contributed by atoms with E-state index in [9.17, 15) is 18.0 Å². The zero-order valence-corrected chi connectivity index (χ0v) is 14.9. The number of benzene rings is 1. The lowest BCUT2D eigenvalue weighted by Crippen LogP contribution is -2.40. The van der Waals surface area contributed by atoms with Crippen molar-refractivity contribution in [3.8, 4) is 0 Å². The van der Waals surface area contributed by atoms with Crippen LogP contribution in [0.1, 0.15) is 25.5 Å². The van der Waals surface area contributed by atoms with Gasteiger partial charge in [0.15, 0.2) is 0 Å². The van der Waals surface area contributed by atoms with E-state index in [0.29, 0.717) is 0 Å². The SMILES string of the molecule is COC(=O)C1=CN(CC(=O)NC(C)c2ccccc2)S(=O)(=O)N=C1C. The highest BCUT2D eigenvalue weighted by Crippen LogP contribution is 2.17. The molecule has 1 aromatic carbocycles. The van der Waals surface area contributed by atoms with Gasteiger partial charge in [-0.25, -0.2) is 9.10 Å². The van der Waals surface area contributed by atoms with E-state index in [1.807, 2.05) is 30.3 Å². The van der Waals surface area contributed by atoms with Crippen LogP contribution in [0.25, 0.3) is 0 Å². The van der Waals surface area contributed by atoms with Crippen LogP contribution in [-0.4, -0.2) is 44.0 Å². The predicted molar refractivity (Wildman–Crippen MR) is 91.8 cm³/mol. The molecule has 0 radical (unpaired) electrons. The molecule has 1 heterocycles. The number of rotatable bonds is 5. The van der Waals surface area contributed by atoms with Crippen LogP contribution < -0.4 is 5.32 Å². The fraction of sp³-hybridized carbons (Fsp3) is 0.312. The van der Waals surface area contributed by atoms with Gasteiger partial charge in [-0.05, 0) is 19.4 Å². The molecule has 1 unspecified atom stereocenters. The third kappa shape index (κ3) is 4.44. The van der Waals surface area contributed by atoms with Crippen LogP contribution in [0.2, 0.25) is 0 Å². The standard InChI is InChI=1S/C16H19N3O5S/c1-11(13-7-5-4-6-8-13)17-15(20)10-19-9-14(16(21)24-3)12(2)18-25(19,22)23/h4-9,11H,10H2,1-3H3,(H,17,20). The Hall–Kier alpha value is -2.68. The second kappa shape index (κ2) is 7.47. The first-order valence-electron chi connectivity index (χ1n) is 7.47. The van der Waals surface area contributed by atoms with Crippen LogP contribution in [-0.2, 0) is 24.5 Å². The first-order chi connectivity index (χ1) is 11.7. The molecule has 0 fully saturated rings. The Kier molecular flexibility index (Phi) is 5.58. The zero-order chi connectivity index (χ0) is 18.6. The lowest BCUT2D eigenvalue weighted by Gasteiger charge is -2.23. The van der Waals surface area contributed by atoms with Gasteiger partial charge in [0.05, 0.1) is 24.4 Å². The van der Waals surface area contributed by atoms with Gasteiger partial charge < -0.3 is 10.1 Å². The van der Waals surface area contributed by atoms with Crippen LogP contribution in [0.15, 0.2) is 46.5 Å². The highest BCUT2D eigenvalue weighted by molar-refractivity contribution is 7.88. The largest absolute Gasteiger partial charge is 0.465 e. The van der Waals surface area contributed by atoms with Crippen LogP contribution in [0.5, 0.6) is 0 Å². The van der Waals surface area contributed by atoms with Crippen LogP contribution in [0.4, 0.5) is 0 Å². The van der Waals surface area contributed by atoms with Crippen molar-refractivity contribution < 1.29 is 22.7 Å². The molecular weight excluding hydrogens is 346 g/mol. The maximum Gasteiger partial charge on any atom is 0.344 e. The number of ether oxygens (including phenoxy) is 1. The summed E-state index contributed by atoms with van der Waals surface area (Å²) in [7, 11) is -2.89. The summed E-state index contributed by atoms with van der Waals surface area (Å²) in [6.45, 7) is 2.68. The molecule has 0 spiro atoms. The first kappa shape index (κ1) is 18.7. The molecule has 1 amide bonds. The third-order valence-corrected chi connectivity index (χ3v) is 4.93. The quantitative estimate of drug-likeness (QED) is 0.782. The monoisotopic (exact) mass is 365 g/mol. The minimum Gasteiger partial charge on any atom is -0.465 e. The van der Waals surface area contributed by atoms with Crippen molar-refractivity contribution in [2.24, 2.45) is 4.40 Å². The number of hydrogen-bond acceptors (Lipinski definition) is 5. The Labute approximate surface area is 146 Å². The molecule has 0 saturated carbocycles. The Morgan fingerprint density at radius 1 is 1.28 bits per heavy atom. The summed E-state index contributed by atoms with van der Waals surface area (Å²) in [6.07, 6.45) is 1.07. The second-order valence-corrected chi connectivity index (χ2v) is 6.98. The average molecular weight is 365 g/mol. The van der Waals surface area contributed by atoms with E-state index in [-0.39, 0.29) is 17.3 Å². The molecule has 8 nitrogen and oxygen atoms in total. The van der Waals surface area contributed by atoms with Gasteiger partial charge in [-0.1, -0.05) is 30.3 Å². The van der Waals surface area contributed by atoms with Crippen molar-refractivity contribution in [2.45, 2.75) is 19.9 Å². The molecule has 134 valence electrons. The van der Waals surface area contributed by atoms with Crippen LogP contribution in [0, 0.1) is 0 Å². The molecule has 0 bridgehead atoms. The van der Waals surface area contributed by atoms with E-state index >= 15 is 0 Å². The Bertz CT molecular complexity index is 831. The summed E-state index contributed by atoms with van der Waals surface area (Å²) in [4.78, 5) is 23.9. The summed E-state index contributed by atoms with van der Waals surface area (Å²) >= 11 is 0. The summed E-state index contributed by atoms with van der Waals surface area (Å²) in [5.74, 6) is -1.24. The molecule has 1 atom stereocenters. The van der Waals surface area contributed by atoms with Gasteiger partial charge in [0.1, 0.15) is 6.54 Å². The van der Waals surface area contributed by atoms with Crippen LogP contribution >= 0.6 is 0 Å². The maximum absolute atomic E-state index is 12.2. The third-order valence-electron chi connectivity index (χ3n) is 3.59. The second-order valence-electron chi connectivity index (χ2n) is 5.43. The number of nitrogens with zero attached hydrogens (tertiary/aromatic N) is 2. The van der Waals surface area contributed by atoms with E-state index < -0.39 is 28.6 Å². The summed E-state index contributed by atoms with van der Waals surface area (Å²) in [6, 6.07) is 8.95. The van der Waals surface area contributed by atoms with E-state index in [4.69, 9.17) is 0 Å². The van der Waals surface area contributed by atoms with Gasteiger partial charge in [0.25, 0.3) is 0 Å². The van der Waals surface area contributed by atoms with Crippen molar-refractivity contribution in [3.63, 3.8) is 0 Å². The Balaban J connectivity index is 2.13. The molecule has 9 heteroatoms. The molecule has 0 aliphatic carbocycles. The highest BCUT2D eigenvalue weighted by Gasteiger charge is 2.30. The lowest BCUT2D eigenvalue weighted by atomic mass is 10.1. The van der Waals surface area contributed by atoms with Gasteiger partial charge in [0.2, 0.25) is 5.91 Å². The van der Waals surface area contributed by atoms with Gasteiger partial charge in [-0.2, -0.15) is 8.42 Å². The number of carbonyl (C=O) groups is 2. The summed E-state index contributed by atoms with van der Waals surface area (Å²) in [5.41, 5.74) is 0.888. The van der Waals surface area contributed by atoms with Gasteiger partial charge in [-0.15, -0.1) is 4.40 Å². The lowest BCUT2D eigenvalue weighted by molar-refractivity contribution is -0.135. The van der Waals surface area contributed by atoms with Gasteiger partial charge in [-0.3, -0.25) is 4.79 Å². The van der Waals surface area contributed by atoms with Gasteiger partial charge in [0, 0.05) is 6.20 Å². The summed E-state index contributed by atoms with van der Waals surface area (Å²) in [5, 5.41) is 2.71. The molecular formula is C16H19N3O5S. The fourth-order valence-electron chi connectivity index (χ4n) is 2.27. The molecule has 1 aliphatic rings. The maximum atomic E-state index is 12.2. The van der Waals surface area contributed by atoms with E-state index in [1.165, 1.54) is 14.0 Å². The number of hydrogen-bond donors (Lipinski definition) is 1. The number of nitrogens with one attached hydrogen (secondary N) is 1. The number of methoxy groups -OCH3 is 1. The van der Waals surface area contributed by atoms with E-state index in [2.05, 4.69) is 14.5 Å². The topological polar surface area (TPSA) is 105 Å². The molecule has 25 heavy (non-hydrogen) atoms. The van der Waals surface area contributed by atoms with Crippen molar-refractivity contribution >= 4 is 27.8 Å². The normalized spacial score (nSPS) is 17.2. The average Bonchev–Trinajstić information content (AvgIpc) is 2.56. The summed E-state index contributed by atoms with van der Waals surface area (Å²) < 4.78 is 33.0. The first-order valence-corrected chi connectivity index (χ1v) is 8.87. The molecule has 1 aliphatic heterocycles. The molecule has 0 saturated heterocycles.